The summed E-state index contributed by atoms with van der Waals surface area (Å²) < 4.78 is 0. The first-order valence-electron chi connectivity index (χ1n) is 9.12. The van der Waals surface area contributed by atoms with Gasteiger partial charge in [0.05, 0.1) is 0 Å². The van der Waals surface area contributed by atoms with E-state index in [0.717, 1.165) is 41.8 Å². The molecule has 138 valence electrons. The van der Waals surface area contributed by atoms with Gasteiger partial charge in [0, 0.05) is 36.8 Å². The average molecular weight is 425 g/mol. The van der Waals surface area contributed by atoms with Crippen molar-refractivity contribution in [3.05, 3.63) is 60.7 Å². The molecule has 0 atom stereocenters. The molecule has 0 bridgehead atoms. The van der Waals surface area contributed by atoms with Crippen LogP contribution in [-0.4, -0.2) is 26.7 Å². The van der Waals surface area contributed by atoms with Gasteiger partial charge in [-0.15, -0.1) is 0 Å². The second kappa shape index (κ2) is 8.53. The van der Waals surface area contributed by atoms with Gasteiger partial charge in [0.25, 0.3) is 0 Å². The number of hydrogen-bond acceptors (Lipinski definition) is 5. The van der Waals surface area contributed by atoms with E-state index >= 15 is 0 Å². The number of pyridine rings is 2. The molecule has 28 heavy (non-hydrogen) atoms. The van der Waals surface area contributed by atoms with Crippen LogP contribution in [0.5, 0.6) is 11.5 Å². The van der Waals surface area contributed by atoms with Crippen molar-refractivity contribution in [3.8, 4) is 11.5 Å². The summed E-state index contributed by atoms with van der Waals surface area (Å²) in [6.45, 7) is 2.88. The minimum Gasteiger partial charge on any atom is -0.506 e. The fourth-order valence-corrected chi connectivity index (χ4v) is 3.21. The molecule has 0 aliphatic heterocycles. The van der Waals surface area contributed by atoms with Gasteiger partial charge in [-0.3, -0.25) is 0 Å². The van der Waals surface area contributed by atoms with Gasteiger partial charge in [-0.05, 0) is 42.8 Å². The molecule has 0 fully saturated rings. The molecule has 4 rings (SSSR count). The van der Waals surface area contributed by atoms with Gasteiger partial charge in [0.2, 0.25) is 0 Å². The van der Waals surface area contributed by atoms with E-state index in [-0.39, 0.29) is 31.0 Å². The van der Waals surface area contributed by atoms with Crippen LogP contribution in [0.25, 0.3) is 21.8 Å². The van der Waals surface area contributed by atoms with Gasteiger partial charge in [-0.2, -0.15) is 0 Å². The smallest absolute Gasteiger partial charge is 0.141 e. The quantitative estimate of drug-likeness (QED) is 0.435. The Morgan fingerprint density at radius 3 is 1.71 bits per heavy atom. The first-order valence-corrected chi connectivity index (χ1v) is 9.12. The van der Waals surface area contributed by atoms with Crippen LogP contribution in [0.4, 0.5) is 11.6 Å². The third-order valence-corrected chi connectivity index (χ3v) is 4.66. The number of anilines is 2. The molecule has 6 heteroatoms. The molecule has 0 spiro atoms. The van der Waals surface area contributed by atoms with Crippen LogP contribution in [0.1, 0.15) is 19.8 Å². The van der Waals surface area contributed by atoms with Crippen molar-refractivity contribution in [2.75, 3.05) is 11.4 Å². The Morgan fingerprint density at radius 1 is 0.750 bits per heavy atom. The number of unbranched alkanes of at least 4 members (excludes halogenated alkanes) is 1. The standard InChI is InChI=1S/C22H21N3O2.Zn/c1-2-3-14-25(19-12-10-15-6-4-8-17(26)21(15)23-19)20-13-11-16-7-5-9-18(27)22(16)24-20;/h4-13,26-27H,2-3,14H2,1H3;. The molecule has 0 unspecified atom stereocenters. The van der Waals surface area contributed by atoms with Crippen molar-refractivity contribution in [1.29, 1.82) is 0 Å². The summed E-state index contributed by atoms with van der Waals surface area (Å²) in [6, 6.07) is 18.5. The van der Waals surface area contributed by atoms with E-state index in [0.29, 0.717) is 11.0 Å². The third-order valence-electron chi connectivity index (χ3n) is 4.66. The van der Waals surface area contributed by atoms with Gasteiger partial charge in [-0.25, -0.2) is 9.97 Å². The van der Waals surface area contributed by atoms with Crippen LogP contribution in [-0.2, 0) is 19.5 Å². The van der Waals surface area contributed by atoms with Gasteiger partial charge in [0.15, 0.2) is 0 Å². The number of aromatic nitrogens is 2. The Labute approximate surface area is 176 Å². The zero-order valence-corrected chi connectivity index (χ0v) is 18.8. The van der Waals surface area contributed by atoms with Crippen LogP contribution in [0, 0.1) is 0 Å². The van der Waals surface area contributed by atoms with E-state index in [4.69, 9.17) is 0 Å². The summed E-state index contributed by atoms with van der Waals surface area (Å²) in [6.07, 6.45) is 2.01. The van der Waals surface area contributed by atoms with Gasteiger partial charge in [-0.1, -0.05) is 37.6 Å². The first-order chi connectivity index (χ1) is 13.2. The zero-order valence-electron chi connectivity index (χ0n) is 15.8. The second-order valence-electron chi connectivity index (χ2n) is 6.54. The number of aromatic hydroxyl groups is 2. The maximum Gasteiger partial charge on any atom is 0.141 e. The van der Waals surface area contributed by atoms with E-state index in [1.54, 1.807) is 12.1 Å². The molecular weight excluding hydrogens is 404 g/mol. The molecule has 2 aromatic carbocycles. The maximum atomic E-state index is 10.2. The Hall–Kier alpha value is -2.72. The fourth-order valence-electron chi connectivity index (χ4n) is 3.21. The minimum absolute atomic E-state index is 0. The number of phenols is 2. The number of phenolic OH excluding ortho intramolecular Hbond substituents is 2. The van der Waals surface area contributed by atoms with Crippen molar-refractivity contribution in [2.45, 2.75) is 19.8 Å². The van der Waals surface area contributed by atoms with Crippen LogP contribution in [0.2, 0.25) is 0 Å². The normalized spacial score (nSPS) is 10.8. The number of benzene rings is 2. The van der Waals surface area contributed by atoms with Crippen molar-refractivity contribution in [3.63, 3.8) is 0 Å². The van der Waals surface area contributed by atoms with E-state index < -0.39 is 0 Å². The van der Waals surface area contributed by atoms with Gasteiger partial charge in [0.1, 0.15) is 34.2 Å². The first kappa shape index (κ1) is 20.0. The van der Waals surface area contributed by atoms with Crippen LogP contribution in [0.15, 0.2) is 60.7 Å². The van der Waals surface area contributed by atoms with Crippen molar-refractivity contribution < 1.29 is 29.7 Å². The molecular formula is C22H21N3O2Zn. The Morgan fingerprint density at radius 2 is 1.25 bits per heavy atom. The van der Waals surface area contributed by atoms with Gasteiger partial charge < -0.3 is 15.1 Å². The molecule has 5 nitrogen and oxygen atoms in total. The summed E-state index contributed by atoms with van der Waals surface area (Å²) in [5.41, 5.74) is 1.14. The summed E-state index contributed by atoms with van der Waals surface area (Å²) in [4.78, 5) is 11.4. The molecule has 0 amide bonds. The van der Waals surface area contributed by atoms with E-state index in [1.807, 2.05) is 53.4 Å². The maximum absolute atomic E-state index is 10.2. The molecule has 4 aromatic rings. The molecule has 0 saturated carbocycles. The molecule has 0 aliphatic carbocycles. The Balaban J connectivity index is 0.00000225. The van der Waals surface area contributed by atoms with Crippen LogP contribution >= 0.6 is 0 Å². The number of para-hydroxylation sites is 2. The van der Waals surface area contributed by atoms with E-state index in [2.05, 4.69) is 16.9 Å². The van der Waals surface area contributed by atoms with Gasteiger partial charge >= 0.3 is 0 Å². The molecule has 2 heterocycles. The molecule has 2 N–H and O–H groups in total. The largest absolute Gasteiger partial charge is 0.506 e. The summed E-state index contributed by atoms with van der Waals surface area (Å²) >= 11 is 0. The summed E-state index contributed by atoms with van der Waals surface area (Å²) in [5, 5.41) is 22.1. The fraction of sp³-hybridized carbons (Fsp3) is 0.182. The Bertz CT molecular complexity index is 1030. The predicted molar refractivity (Wildman–Crippen MR) is 109 cm³/mol. The number of hydrogen-bond donors (Lipinski definition) is 2. The zero-order chi connectivity index (χ0) is 18.8. The topological polar surface area (TPSA) is 69.5 Å². The van der Waals surface area contributed by atoms with Crippen LogP contribution < -0.4 is 4.90 Å². The number of fused-ring (bicyclic) bond motifs is 2. The number of rotatable bonds is 5. The van der Waals surface area contributed by atoms with Crippen molar-refractivity contribution in [1.82, 2.24) is 9.97 Å². The third kappa shape index (κ3) is 3.78. The van der Waals surface area contributed by atoms with Crippen LogP contribution in [0.3, 0.4) is 0 Å². The minimum atomic E-state index is 0. The molecule has 2 aromatic heterocycles. The van der Waals surface area contributed by atoms with E-state index in [9.17, 15) is 10.2 Å². The summed E-state index contributed by atoms with van der Waals surface area (Å²) in [5.74, 6) is 1.77. The Kier molecular flexibility index (Phi) is 6.10. The molecule has 0 saturated heterocycles. The molecule has 0 aliphatic rings. The predicted octanol–water partition coefficient (Wildman–Crippen LogP) is 5.13. The van der Waals surface area contributed by atoms with E-state index in [1.165, 1.54) is 0 Å². The average Bonchev–Trinajstić information content (AvgIpc) is 2.69. The summed E-state index contributed by atoms with van der Waals surface area (Å²) in [7, 11) is 0. The monoisotopic (exact) mass is 423 g/mol. The van der Waals surface area contributed by atoms with Crippen molar-refractivity contribution >= 4 is 33.4 Å². The molecule has 0 radical (unpaired) electrons. The van der Waals surface area contributed by atoms with Crippen molar-refractivity contribution in [2.24, 2.45) is 0 Å². The number of nitrogens with zero attached hydrogens (tertiary/aromatic N) is 3. The second-order valence-corrected chi connectivity index (χ2v) is 6.54. The SMILES string of the molecule is CCCCN(c1ccc2cccc(O)c2n1)c1ccc2cccc(O)c2n1.[Zn].